The highest BCUT2D eigenvalue weighted by molar-refractivity contribution is 5.88. The highest BCUT2D eigenvalue weighted by atomic mass is 16.5. The van der Waals surface area contributed by atoms with Crippen LogP contribution in [0.25, 0.3) is 22.3 Å². The summed E-state index contributed by atoms with van der Waals surface area (Å²) >= 11 is 0. The fourth-order valence-corrected chi connectivity index (χ4v) is 4.45. The molecule has 7 heteroatoms. The summed E-state index contributed by atoms with van der Waals surface area (Å²) in [5.74, 6) is -0.0710. The Balaban J connectivity index is 1.55. The van der Waals surface area contributed by atoms with Gasteiger partial charge in [-0.2, -0.15) is 0 Å². The lowest BCUT2D eigenvalue weighted by molar-refractivity contribution is -0.138. The van der Waals surface area contributed by atoms with Crippen molar-refractivity contribution in [2.45, 2.75) is 31.7 Å². The first-order chi connectivity index (χ1) is 16.4. The number of hydrogen-bond donors (Lipinski definition) is 2. The van der Waals surface area contributed by atoms with Crippen molar-refractivity contribution >= 4 is 22.8 Å². The Bertz CT molecular complexity index is 1360. The monoisotopic (exact) mass is 455 g/mol. The maximum atomic E-state index is 12.3. The Morgan fingerprint density at radius 1 is 1.18 bits per heavy atom. The summed E-state index contributed by atoms with van der Waals surface area (Å²) in [4.78, 5) is 33.2. The first-order valence-electron chi connectivity index (χ1n) is 11.2. The second-order valence-electron chi connectivity index (χ2n) is 8.67. The molecule has 2 atom stereocenters. The van der Waals surface area contributed by atoms with Crippen molar-refractivity contribution in [3.8, 4) is 22.9 Å². The molecule has 0 aliphatic carbocycles. The number of rotatable bonds is 6. The van der Waals surface area contributed by atoms with Crippen LogP contribution < -0.4 is 4.74 Å². The minimum absolute atomic E-state index is 0.0835. The zero-order chi connectivity index (χ0) is 23.8. The third-order valence-electron chi connectivity index (χ3n) is 6.52. The van der Waals surface area contributed by atoms with E-state index in [1.54, 1.807) is 42.3 Å². The number of nitrogens with zero attached hydrogens (tertiary/aromatic N) is 2. The maximum Gasteiger partial charge on any atom is 0.310 e. The van der Waals surface area contributed by atoms with Gasteiger partial charge in [0, 0.05) is 36.1 Å². The number of ether oxygens (including phenoxy) is 1. The Morgan fingerprint density at radius 2 is 1.97 bits per heavy atom. The van der Waals surface area contributed by atoms with Crippen LogP contribution in [-0.2, 0) is 9.59 Å². The number of hydrogen-bond acceptors (Lipinski definition) is 4. The van der Waals surface area contributed by atoms with Crippen LogP contribution in [-0.4, -0.2) is 38.9 Å². The van der Waals surface area contributed by atoms with Gasteiger partial charge in [-0.15, -0.1) is 0 Å². The van der Waals surface area contributed by atoms with E-state index in [0.29, 0.717) is 23.5 Å². The molecular formula is C27H25N3O4. The molecule has 1 saturated heterocycles. The van der Waals surface area contributed by atoms with Gasteiger partial charge in [0.25, 0.3) is 0 Å². The fraction of sp³-hybridized carbons (Fsp3) is 0.222. The van der Waals surface area contributed by atoms with Crippen LogP contribution in [0.3, 0.4) is 0 Å². The van der Waals surface area contributed by atoms with E-state index < -0.39 is 11.9 Å². The van der Waals surface area contributed by atoms with Crippen molar-refractivity contribution in [1.29, 1.82) is 0 Å². The van der Waals surface area contributed by atoms with E-state index in [1.807, 2.05) is 37.4 Å². The molecule has 1 fully saturated rings. The van der Waals surface area contributed by atoms with Gasteiger partial charge in [0.15, 0.2) is 0 Å². The normalized spacial score (nSPS) is 16.7. The minimum Gasteiger partial charge on any atom is -0.481 e. The largest absolute Gasteiger partial charge is 0.481 e. The molecule has 0 bridgehead atoms. The summed E-state index contributed by atoms with van der Waals surface area (Å²) in [6, 6.07) is 18.9. The summed E-state index contributed by atoms with van der Waals surface area (Å²) in [5.41, 5.74) is 4.34. The fourth-order valence-electron chi connectivity index (χ4n) is 4.45. The van der Waals surface area contributed by atoms with Gasteiger partial charge in [0.1, 0.15) is 11.5 Å². The number of aromatic nitrogens is 2. The number of pyridine rings is 1. The van der Waals surface area contributed by atoms with Crippen molar-refractivity contribution < 1.29 is 19.4 Å². The molecule has 0 radical (unpaired) electrons. The van der Waals surface area contributed by atoms with Gasteiger partial charge in [0.2, 0.25) is 5.91 Å². The lowest BCUT2D eigenvalue weighted by Gasteiger charge is -2.23. The van der Waals surface area contributed by atoms with Crippen molar-refractivity contribution in [3.05, 3.63) is 78.0 Å². The van der Waals surface area contributed by atoms with Crippen LogP contribution in [0.15, 0.2) is 66.9 Å². The van der Waals surface area contributed by atoms with E-state index >= 15 is 0 Å². The first kappa shape index (κ1) is 21.7. The summed E-state index contributed by atoms with van der Waals surface area (Å²) in [6.45, 7) is 1.66. The van der Waals surface area contributed by atoms with Crippen molar-refractivity contribution in [1.82, 2.24) is 14.9 Å². The molecule has 5 rings (SSSR count). The molecule has 3 heterocycles. The van der Waals surface area contributed by atoms with Gasteiger partial charge in [-0.25, -0.2) is 0 Å². The van der Waals surface area contributed by atoms with E-state index in [4.69, 9.17) is 4.74 Å². The van der Waals surface area contributed by atoms with Gasteiger partial charge in [-0.3, -0.25) is 14.6 Å². The maximum absolute atomic E-state index is 12.3. The molecule has 172 valence electrons. The van der Waals surface area contributed by atoms with E-state index in [0.717, 1.165) is 34.3 Å². The Morgan fingerprint density at radius 3 is 2.62 bits per heavy atom. The number of carboxylic acids is 1. The van der Waals surface area contributed by atoms with Gasteiger partial charge in [0.05, 0.1) is 23.3 Å². The highest BCUT2D eigenvalue weighted by Gasteiger charge is 2.31. The second kappa shape index (κ2) is 8.67. The Labute approximate surface area is 197 Å². The average molecular weight is 456 g/mol. The van der Waals surface area contributed by atoms with Crippen molar-refractivity contribution in [2.75, 3.05) is 7.05 Å². The van der Waals surface area contributed by atoms with Crippen LogP contribution in [0.4, 0.5) is 0 Å². The summed E-state index contributed by atoms with van der Waals surface area (Å²) in [5, 5.41) is 10.2. The minimum atomic E-state index is -0.869. The number of fused-ring (bicyclic) bond motifs is 1. The molecule has 7 nitrogen and oxygen atoms in total. The lowest BCUT2D eigenvalue weighted by atomic mass is 10.0. The first-order valence-corrected chi connectivity index (χ1v) is 11.2. The van der Waals surface area contributed by atoms with E-state index in [1.165, 1.54) is 0 Å². The average Bonchev–Trinajstić information content (AvgIpc) is 3.41. The molecule has 2 aromatic carbocycles. The van der Waals surface area contributed by atoms with Crippen LogP contribution in [0.5, 0.6) is 11.5 Å². The van der Waals surface area contributed by atoms with Crippen molar-refractivity contribution in [3.63, 3.8) is 0 Å². The molecule has 2 aromatic heterocycles. The number of amides is 1. The molecule has 0 spiro atoms. The Hall–Kier alpha value is -4.13. The Kier molecular flexibility index (Phi) is 5.53. The third kappa shape index (κ3) is 4.01. The molecule has 1 aliphatic rings. The van der Waals surface area contributed by atoms with E-state index in [-0.39, 0.29) is 11.9 Å². The SMILES string of the molecule is CC(C(=O)O)c1ccc(Oc2cc3cc(-c4ccccn4)[nH]c3cc2C2CCC(=O)N2C)cc1. The van der Waals surface area contributed by atoms with Gasteiger partial charge < -0.3 is 19.7 Å². The molecule has 4 aromatic rings. The number of likely N-dealkylation sites (tertiary alicyclic amines) is 1. The topological polar surface area (TPSA) is 95.5 Å². The van der Waals surface area contributed by atoms with Gasteiger partial charge >= 0.3 is 5.97 Å². The van der Waals surface area contributed by atoms with Crippen LogP contribution in [0, 0.1) is 0 Å². The number of carboxylic acid groups (broad SMARTS) is 1. The number of carbonyl (C=O) groups is 2. The molecule has 2 N–H and O–H groups in total. The predicted molar refractivity (Wildman–Crippen MR) is 129 cm³/mol. The molecule has 2 unspecified atom stereocenters. The smallest absolute Gasteiger partial charge is 0.310 e. The summed E-state index contributed by atoms with van der Waals surface area (Å²) < 4.78 is 6.31. The number of aliphatic carboxylic acids is 1. The number of benzene rings is 2. The molecule has 0 saturated carbocycles. The zero-order valence-corrected chi connectivity index (χ0v) is 19.0. The summed E-state index contributed by atoms with van der Waals surface area (Å²) in [6.07, 6.45) is 2.99. The zero-order valence-electron chi connectivity index (χ0n) is 19.0. The highest BCUT2D eigenvalue weighted by Crippen LogP contribution is 2.41. The lowest BCUT2D eigenvalue weighted by Crippen LogP contribution is -2.22. The van der Waals surface area contributed by atoms with Gasteiger partial charge in [-0.1, -0.05) is 18.2 Å². The van der Waals surface area contributed by atoms with Crippen LogP contribution >= 0.6 is 0 Å². The molecule has 1 aliphatic heterocycles. The van der Waals surface area contributed by atoms with Crippen LogP contribution in [0.1, 0.15) is 42.9 Å². The molecular weight excluding hydrogens is 430 g/mol. The third-order valence-corrected chi connectivity index (χ3v) is 6.52. The second-order valence-corrected chi connectivity index (χ2v) is 8.67. The predicted octanol–water partition coefficient (Wildman–Crippen LogP) is 5.50. The van der Waals surface area contributed by atoms with E-state index in [9.17, 15) is 14.7 Å². The number of H-pyrrole nitrogens is 1. The molecule has 34 heavy (non-hydrogen) atoms. The number of nitrogens with one attached hydrogen (secondary N) is 1. The summed E-state index contributed by atoms with van der Waals surface area (Å²) in [7, 11) is 1.82. The van der Waals surface area contributed by atoms with Crippen molar-refractivity contribution in [2.24, 2.45) is 0 Å². The van der Waals surface area contributed by atoms with Gasteiger partial charge in [-0.05, 0) is 61.4 Å². The quantitative estimate of drug-likeness (QED) is 0.400. The van der Waals surface area contributed by atoms with Crippen LogP contribution in [0.2, 0.25) is 0 Å². The number of carbonyl (C=O) groups excluding carboxylic acids is 1. The molecule has 1 amide bonds. The van der Waals surface area contributed by atoms with E-state index in [2.05, 4.69) is 16.0 Å². The number of aromatic amines is 1. The standard InChI is InChI=1S/C27H25N3O4/c1-16(27(32)33)17-6-8-19(9-7-17)34-25-14-18-13-23(21-5-3-4-12-28-21)29-22(18)15-20(25)24-10-11-26(31)30(24)2/h3-9,12-16,24,29H,10-11H2,1-2H3,(H,32,33).